The van der Waals surface area contributed by atoms with Crippen LogP contribution in [0.25, 0.3) is 10.2 Å². The molecule has 1 N–H and O–H groups in total. The average molecular weight is 248 g/mol. The summed E-state index contributed by atoms with van der Waals surface area (Å²) >= 11 is 1.22. The van der Waals surface area contributed by atoms with Crippen molar-refractivity contribution in [2.75, 3.05) is 0 Å². The van der Waals surface area contributed by atoms with Crippen LogP contribution < -0.4 is 5.56 Å². The number of hydrogen-bond donors (Lipinski definition) is 1. The number of H-pyrrole nitrogens is 1. The van der Waals surface area contributed by atoms with Crippen LogP contribution in [0.2, 0.25) is 0 Å². The van der Waals surface area contributed by atoms with E-state index in [-0.39, 0.29) is 17.8 Å². The lowest BCUT2D eigenvalue weighted by Gasteiger charge is -2.05. The molecule has 2 heterocycles. The third kappa shape index (κ3) is 2.41. The van der Waals surface area contributed by atoms with Crippen LogP contribution in [0, 0.1) is 0 Å². The highest BCUT2D eigenvalue weighted by atomic mass is 32.1. The third-order valence-corrected chi connectivity index (χ3v) is 2.91. The van der Waals surface area contributed by atoms with Crippen LogP contribution in [0.3, 0.4) is 0 Å². The zero-order valence-electron chi connectivity index (χ0n) is 7.97. The number of rotatable bonds is 2. The molecular formula is C9H7F3N2OS. The molecule has 0 atom stereocenters. The Labute approximate surface area is 91.9 Å². The Balaban J connectivity index is 2.29. The molecule has 7 heteroatoms. The minimum absolute atomic E-state index is 0.0771. The van der Waals surface area contributed by atoms with Crippen molar-refractivity contribution in [1.82, 2.24) is 9.97 Å². The fourth-order valence-electron chi connectivity index (χ4n) is 1.30. The maximum absolute atomic E-state index is 12.0. The summed E-state index contributed by atoms with van der Waals surface area (Å²) in [5.74, 6) is 0.0771. The molecule has 0 radical (unpaired) electrons. The second kappa shape index (κ2) is 3.89. The number of nitrogens with one attached hydrogen (secondary N) is 1. The monoisotopic (exact) mass is 248 g/mol. The van der Waals surface area contributed by atoms with Crippen LogP contribution in [0.15, 0.2) is 16.2 Å². The van der Waals surface area contributed by atoms with Crippen molar-refractivity contribution in [1.29, 1.82) is 0 Å². The summed E-state index contributed by atoms with van der Waals surface area (Å²) in [6.07, 6.45) is -5.52. The predicted octanol–water partition coefficient (Wildman–Crippen LogP) is 2.48. The van der Waals surface area contributed by atoms with Crippen molar-refractivity contribution in [3.8, 4) is 0 Å². The van der Waals surface area contributed by atoms with Crippen molar-refractivity contribution in [3.63, 3.8) is 0 Å². The molecule has 2 rings (SSSR count). The average Bonchev–Trinajstić information content (AvgIpc) is 2.62. The zero-order valence-corrected chi connectivity index (χ0v) is 8.78. The minimum Gasteiger partial charge on any atom is -0.309 e. The first-order chi connectivity index (χ1) is 7.46. The number of fused-ring (bicyclic) bond motifs is 1. The van der Waals surface area contributed by atoms with E-state index in [1.165, 1.54) is 11.3 Å². The first-order valence-electron chi connectivity index (χ1n) is 4.49. The Bertz CT molecular complexity index is 558. The molecule has 0 bridgehead atoms. The number of aryl methyl sites for hydroxylation is 1. The SMILES string of the molecule is O=c1[nH]c(CCC(F)(F)F)nc2ccsc12. The van der Waals surface area contributed by atoms with Gasteiger partial charge >= 0.3 is 6.18 Å². The molecule has 2 aromatic rings. The summed E-state index contributed by atoms with van der Waals surface area (Å²) in [7, 11) is 0. The van der Waals surface area contributed by atoms with Crippen LogP contribution in [0.1, 0.15) is 12.2 Å². The van der Waals surface area contributed by atoms with Gasteiger partial charge in [-0.3, -0.25) is 4.79 Å². The molecular weight excluding hydrogens is 241 g/mol. The Morgan fingerprint density at radius 3 is 2.88 bits per heavy atom. The van der Waals surface area contributed by atoms with Crippen molar-refractivity contribution in [2.45, 2.75) is 19.0 Å². The number of nitrogens with zero attached hydrogens (tertiary/aromatic N) is 1. The number of halogens is 3. The molecule has 86 valence electrons. The predicted molar refractivity (Wildman–Crippen MR) is 54.6 cm³/mol. The van der Waals surface area contributed by atoms with Crippen molar-refractivity contribution in [3.05, 3.63) is 27.6 Å². The molecule has 0 unspecified atom stereocenters. The Kier molecular flexibility index (Phi) is 2.71. The van der Waals surface area contributed by atoms with Crippen molar-refractivity contribution < 1.29 is 13.2 Å². The summed E-state index contributed by atoms with van der Waals surface area (Å²) < 4.78 is 36.4. The lowest BCUT2D eigenvalue weighted by molar-refractivity contribution is -0.134. The molecule has 3 nitrogen and oxygen atoms in total. The summed E-state index contributed by atoms with van der Waals surface area (Å²) in [4.78, 5) is 17.7. The number of hydrogen-bond acceptors (Lipinski definition) is 3. The van der Waals surface area contributed by atoms with Gasteiger partial charge in [-0.1, -0.05) is 0 Å². The quantitative estimate of drug-likeness (QED) is 0.887. The van der Waals surface area contributed by atoms with Gasteiger partial charge in [-0.05, 0) is 11.4 Å². The number of aromatic amines is 1. The number of aromatic nitrogens is 2. The van der Waals surface area contributed by atoms with Crippen LogP contribution in [-0.2, 0) is 6.42 Å². The number of thiophene rings is 1. The van der Waals surface area contributed by atoms with Gasteiger partial charge in [0.1, 0.15) is 10.5 Å². The largest absolute Gasteiger partial charge is 0.389 e. The lowest BCUT2D eigenvalue weighted by atomic mass is 10.3. The lowest BCUT2D eigenvalue weighted by Crippen LogP contribution is -2.14. The summed E-state index contributed by atoms with van der Waals surface area (Å²) in [5, 5.41) is 1.68. The van der Waals surface area contributed by atoms with Crippen LogP contribution in [0.5, 0.6) is 0 Å². The molecule has 2 aromatic heterocycles. The van der Waals surface area contributed by atoms with E-state index in [0.717, 1.165) is 0 Å². The zero-order chi connectivity index (χ0) is 11.8. The van der Waals surface area contributed by atoms with E-state index >= 15 is 0 Å². The molecule has 0 aliphatic carbocycles. The Morgan fingerprint density at radius 1 is 1.44 bits per heavy atom. The Hall–Kier alpha value is -1.37. The first kappa shape index (κ1) is 11.1. The van der Waals surface area contributed by atoms with Gasteiger partial charge in [0.25, 0.3) is 5.56 Å². The van der Waals surface area contributed by atoms with E-state index < -0.39 is 12.6 Å². The van der Waals surface area contributed by atoms with Gasteiger partial charge in [0, 0.05) is 6.42 Å². The molecule has 0 saturated carbocycles. The molecule has 0 aromatic carbocycles. The fraction of sp³-hybridized carbons (Fsp3) is 0.333. The first-order valence-corrected chi connectivity index (χ1v) is 5.37. The maximum Gasteiger partial charge on any atom is 0.389 e. The van der Waals surface area contributed by atoms with Crippen molar-refractivity contribution in [2.24, 2.45) is 0 Å². The highest BCUT2D eigenvalue weighted by Crippen LogP contribution is 2.21. The van der Waals surface area contributed by atoms with Crippen LogP contribution in [-0.4, -0.2) is 16.1 Å². The van der Waals surface area contributed by atoms with E-state index in [4.69, 9.17) is 0 Å². The van der Waals surface area contributed by atoms with Gasteiger partial charge < -0.3 is 4.98 Å². The molecule has 16 heavy (non-hydrogen) atoms. The van der Waals surface area contributed by atoms with Gasteiger partial charge in [0.15, 0.2) is 0 Å². The minimum atomic E-state index is -4.23. The third-order valence-electron chi connectivity index (χ3n) is 2.01. The van der Waals surface area contributed by atoms with Crippen molar-refractivity contribution >= 4 is 21.6 Å². The standard InChI is InChI=1S/C9H7F3N2OS/c10-9(11,12)3-1-6-13-5-2-4-16-7(5)8(15)14-6/h2,4H,1,3H2,(H,13,14,15). The molecule has 0 spiro atoms. The van der Waals surface area contributed by atoms with E-state index in [1.54, 1.807) is 11.4 Å². The smallest absolute Gasteiger partial charge is 0.309 e. The molecule has 0 saturated heterocycles. The van der Waals surface area contributed by atoms with E-state index in [2.05, 4.69) is 9.97 Å². The van der Waals surface area contributed by atoms with Crippen LogP contribution in [0.4, 0.5) is 13.2 Å². The van der Waals surface area contributed by atoms with Crippen LogP contribution >= 0.6 is 11.3 Å². The molecule has 0 aliphatic heterocycles. The summed E-state index contributed by atoms with van der Waals surface area (Å²) in [6.45, 7) is 0. The second-order valence-electron chi connectivity index (χ2n) is 3.26. The highest BCUT2D eigenvalue weighted by molar-refractivity contribution is 7.17. The molecule has 0 amide bonds. The topological polar surface area (TPSA) is 45.8 Å². The fourth-order valence-corrected chi connectivity index (χ4v) is 2.03. The van der Waals surface area contributed by atoms with Gasteiger partial charge in [0.2, 0.25) is 0 Å². The maximum atomic E-state index is 12.0. The second-order valence-corrected chi connectivity index (χ2v) is 4.18. The van der Waals surface area contributed by atoms with E-state index in [9.17, 15) is 18.0 Å². The normalized spacial score (nSPS) is 12.2. The Morgan fingerprint density at radius 2 is 2.19 bits per heavy atom. The van der Waals surface area contributed by atoms with Gasteiger partial charge in [-0.25, -0.2) is 4.98 Å². The molecule has 0 fully saturated rings. The number of alkyl halides is 3. The van der Waals surface area contributed by atoms with E-state index in [1.807, 2.05) is 0 Å². The van der Waals surface area contributed by atoms with E-state index in [0.29, 0.717) is 10.2 Å². The van der Waals surface area contributed by atoms with Gasteiger partial charge in [-0.2, -0.15) is 13.2 Å². The van der Waals surface area contributed by atoms with Gasteiger partial charge in [0.05, 0.1) is 11.9 Å². The summed E-state index contributed by atoms with van der Waals surface area (Å²) in [5.41, 5.74) is 0.0723. The summed E-state index contributed by atoms with van der Waals surface area (Å²) in [6, 6.07) is 1.62. The van der Waals surface area contributed by atoms with Gasteiger partial charge in [-0.15, -0.1) is 11.3 Å². The molecule has 0 aliphatic rings. The highest BCUT2D eigenvalue weighted by Gasteiger charge is 2.27.